The molecule has 2 aliphatic rings. The van der Waals surface area contributed by atoms with Crippen LogP contribution < -0.4 is 0 Å². The molecule has 1 aliphatic heterocycles. The Kier molecular flexibility index (Phi) is 2.07. The van der Waals surface area contributed by atoms with Crippen molar-refractivity contribution in [3.63, 3.8) is 0 Å². The molecule has 0 saturated carbocycles. The first kappa shape index (κ1) is 8.32. The average molecular weight is 175 g/mol. The lowest BCUT2D eigenvalue weighted by molar-refractivity contribution is -0.0999. The van der Waals surface area contributed by atoms with Crippen LogP contribution in [0.2, 0.25) is 0 Å². The molecule has 0 aromatic heterocycles. The third-order valence-corrected chi connectivity index (χ3v) is 2.41. The molecule has 68 valence electrons. The Balaban J connectivity index is 2.37. The highest BCUT2D eigenvalue weighted by Gasteiger charge is 2.21. The number of fused-ring (bicyclic) bond motifs is 1. The molecule has 0 spiro atoms. The van der Waals surface area contributed by atoms with Crippen molar-refractivity contribution in [1.29, 1.82) is 0 Å². The van der Waals surface area contributed by atoms with Gasteiger partial charge in [0.05, 0.1) is 13.2 Å². The molecule has 0 saturated heterocycles. The number of hydrogen-bond donors (Lipinski definition) is 0. The van der Waals surface area contributed by atoms with Gasteiger partial charge in [-0.2, -0.15) is 0 Å². The fourth-order valence-electron chi connectivity index (χ4n) is 1.67. The van der Waals surface area contributed by atoms with Gasteiger partial charge in [0.15, 0.2) is 0 Å². The molecule has 1 aliphatic carbocycles. The molecule has 0 bridgehead atoms. The maximum absolute atomic E-state index is 5.24. The van der Waals surface area contributed by atoms with Gasteiger partial charge in [-0.3, -0.25) is 9.90 Å². The van der Waals surface area contributed by atoms with E-state index >= 15 is 0 Å². The van der Waals surface area contributed by atoms with Crippen LogP contribution in [0.4, 0.5) is 0 Å². The Labute approximate surface area is 78.4 Å². The Bertz CT molecular complexity index is 323. The number of rotatable bonds is 1. The van der Waals surface area contributed by atoms with E-state index in [2.05, 4.69) is 31.2 Å². The second kappa shape index (κ2) is 3.23. The highest BCUT2D eigenvalue weighted by Crippen LogP contribution is 2.26. The number of allylic oxidation sites excluding steroid dienone is 4. The second-order valence-electron chi connectivity index (χ2n) is 3.19. The van der Waals surface area contributed by atoms with Gasteiger partial charge in [0, 0.05) is 6.20 Å². The van der Waals surface area contributed by atoms with Crippen molar-refractivity contribution in [2.45, 2.75) is 13.0 Å². The molecule has 1 unspecified atom stereocenters. The van der Waals surface area contributed by atoms with Gasteiger partial charge in [-0.1, -0.05) is 24.3 Å². The van der Waals surface area contributed by atoms with Crippen LogP contribution in [-0.4, -0.2) is 18.2 Å². The van der Waals surface area contributed by atoms with Gasteiger partial charge in [0.2, 0.25) is 0 Å². The summed E-state index contributed by atoms with van der Waals surface area (Å²) in [4.78, 5) is 5.24. The van der Waals surface area contributed by atoms with E-state index in [1.165, 1.54) is 11.1 Å². The van der Waals surface area contributed by atoms with Crippen LogP contribution >= 0.6 is 0 Å². The van der Waals surface area contributed by atoms with Crippen LogP contribution in [0.3, 0.4) is 0 Å². The lowest BCUT2D eigenvalue weighted by atomic mass is 9.95. The summed E-state index contributed by atoms with van der Waals surface area (Å²) in [6, 6.07) is 0.250. The fourth-order valence-corrected chi connectivity index (χ4v) is 1.67. The summed E-state index contributed by atoms with van der Waals surface area (Å²) in [5.74, 6) is 0. The van der Waals surface area contributed by atoms with Gasteiger partial charge < -0.3 is 0 Å². The SMILES string of the molecule is CON1C=CC(C)=C2C=CC=CC21. The van der Waals surface area contributed by atoms with Crippen molar-refractivity contribution in [3.05, 3.63) is 47.7 Å². The van der Waals surface area contributed by atoms with Crippen LogP contribution in [0.1, 0.15) is 6.92 Å². The molecule has 0 fully saturated rings. The lowest BCUT2D eigenvalue weighted by Crippen LogP contribution is -2.32. The monoisotopic (exact) mass is 175 g/mol. The molecule has 1 heterocycles. The van der Waals surface area contributed by atoms with Crippen molar-refractivity contribution in [3.8, 4) is 0 Å². The Morgan fingerprint density at radius 3 is 2.92 bits per heavy atom. The van der Waals surface area contributed by atoms with Crippen molar-refractivity contribution in [1.82, 2.24) is 5.06 Å². The van der Waals surface area contributed by atoms with Crippen molar-refractivity contribution in [2.24, 2.45) is 0 Å². The molecule has 0 N–H and O–H groups in total. The highest BCUT2D eigenvalue weighted by molar-refractivity contribution is 5.44. The zero-order chi connectivity index (χ0) is 9.26. The minimum atomic E-state index is 0.250. The van der Waals surface area contributed by atoms with E-state index in [-0.39, 0.29) is 6.04 Å². The molecule has 2 heteroatoms. The Hall–Kier alpha value is -1.28. The first-order valence-corrected chi connectivity index (χ1v) is 4.39. The topological polar surface area (TPSA) is 12.5 Å². The Morgan fingerprint density at radius 1 is 1.31 bits per heavy atom. The van der Waals surface area contributed by atoms with Gasteiger partial charge in [-0.25, -0.2) is 0 Å². The van der Waals surface area contributed by atoms with Crippen LogP contribution in [0.15, 0.2) is 47.7 Å². The summed E-state index contributed by atoms with van der Waals surface area (Å²) in [5.41, 5.74) is 2.62. The molecule has 0 radical (unpaired) electrons. The highest BCUT2D eigenvalue weighted by atomic mass is 16.7. The fraction of sp³-hybridized carbons (Fsp3) is 0.273. The van der Waals surface area contributed by atoms with E-state index in [0.717, 1.165) is 0 Å². The van der Waals surface area contributed by atoms with Crippen LogP contribution in [0.5, 0.6) is 0 Å². The largest absolute Gasteiger partial charge is 0.276 e. The summed E-state index contributed by atoms with van der Waals surface area (Å²) >= 11 is 0. The second-order valence-corrected chi connectivity index (χ2v) is 3.19. The zero-order valence-corrected chi connectivity index (χ0v) is 7.90. The zero-order valence-electron chi connectivity index (χ0n) is 7.90. The Morgan fingerprint density at radius 2 is 2.15 bits per heavy atom. The van der Waals surface area contributed by atoms with Crippen LogP contribution in [0, 0.1) is 0 Å². The molecule has 2 nitrogen and oxygen atoms in total. The van der Waals surface area contributed by atoms with Gasteiger partial charge in [-0.15, -0.1) is 0 Å². The lowest BCUT2D eigenvalue weighted by Gasteiger charge is -2.31. The quantitative estimate of drug-likeness (QED) is 0.605. The summed E-state index contributed by atoms with van der Waals surface area (Å²) in [7, 11) is 1.69. The predicted octanol–water partition coefficient (Wildman–Crippen LogP) is 2.19. The van der Waals surface area contributed by atoms with Crippen LogP contribution in [-0.2, 0) is 4.84 Å². The minimum Gasteiger partial charge on any atom is -0.276 e. The van der Waals surface area contributed by atoms with E-state index in [1.807, 2.05) is 17.3 Å². The number of nitrogens with zero attached hydrogens (tertiary/aromatic N) is 1. The van der Waals surface area contributed by atoms with Crippen molar-refractivity contribution in [2.75, 3.05) is 7.11 Å². The molecule has 2 rings (SSSR count). The molecule has 13 heavy (non-hydrogen) atoms. The summed E-state index contributed by atoms with van der Waals surface area (Å²) < 4.78 is 0. The smallest absolute Gasteiger partial charge is 0.0994 e. The maximum atomic E-state index is 5.24. The molecule has 0 aromatic carbocycles. The number of hydrogen-bond acceptors (Lipinski definition) is 2. The van der Waals surface area contributed by atoms with Crippen LogP contribution in [0.25, 0.3) is 0 Å². The standard InChI is InChI=1S/C11H13NO/c1-9-7-8-12(13-2)11-6-4-3-5-10(9)11/h3-8,11H,1-2H3. The third-order valence-electron chi connectivity index (χ3n) is 2.41. The van der Waals surface area contributed by atoms with E-state index in [4.69, 9.17) is 4.84 Å². The molecule has 1 atom stereocenters. The van der Waals surface area contributed by atoms with Crippen molar-refractivity contribution >= 4 is 0 Å². The number of hydroxylamine groups is 2. The van der Waals surface area contributed by atoms with Gasteiger partial charge >= 0.3 is 0 Å². The summed E-state index contributed by atoms with van der Waals surface area (Å²) in [6.45, 7) is 2.12. The van der Waals surface area contributed by atoms with E-state index in [1.54, 1.807) is 7.11 Å². The molecule has 0 amide bonds. The normalized spacial score (nSPS) is 25.4. The van der Waals surface area contributed by atoms with E-state index < -0.39 is 0 Å². The summed E-state index contributed by atoms with van der Waals surface area (Å²) in [6.07, 6.45) is 12.4. The maximum Gasteiger partial charge on any atom is 0.0994 e. The minimum absolute atomic E-state index is 0.250. The van der Waals surface area contributed by atoms with Gasteiger partial charge in [-0.05, 0) is 24.1 Å². The molecular formula is C11H13NO. The van der Waals surface area contributed by atoms with E-state index in [0.29, 0.717) is 0 Å². The first-order chi connectivity index (χ1) is 6.33. The third kappa shape index (κ3) is 1.33. The van der Waals surface area contributed by atoms with Gasteiger partial charge in [0.25, 0.3) is 0 Å². The van der Waals surface area contributed by atoms with Crippen molar-refractivity contribution < 1.29 is 4.84 Å². The van der Waals surface area contributed by atoms with E-state index in [9.17, 15) is 0 Å². The van der Waals surface area contributed by atoms with Gasteiger partial charge in [0.1, 0.15) is 0 Å². The molecular weight excluding hydrogens is 162 g/mol. The predicted molar refractivity (Wildman–Crippen MR) is 52.8 cm³/mol. The summed E-state index contributed by atoms with van der Waals surface area (Å²) in [5, 5.41) is 1.85. The first-order valence-electron chi connectivity index (χ1n) is 4.39. The molecule has 0 aromatic rings. The average Bonchev–Trinajstić information content (AvgIpc) is 2.19.